The maximum Gasteiger partial charge on any atom is 0.0423 e. The highest BCUT2D eigenvalue weighted by atomic mass is 15.3. The maximum absolute atomic E-state index is 4.25. The van der Waals surface area contributed by atoms with Crippen molar-refractivity contribution in [1.82, 2.24) is 5.43 Å². The number of unbranched alkanes of at least 4 members (excludes halogenated alkanes) is 1. The van der Waals surface area contributed by atoms with Crippen LogP contribution in [0, 0.1) is 5.92 Å². The molecule has 74 valence electrons. The zero-order chi connectivity index (χ0) is 9.68. The van der Waals surface area contributed by atoms with Crippen LogP contribution >= 0.6 is 0 Å². The van der Waals surface area contributed by atoms with E-state index in [2.05, 4.69) is 37.5 Å². The number of nitrogens with one attached hydrogen (secondary N) is 1. The third kappa shape index (κ3) is 2.58. The first-order chi connectivity index (χ1) is 6.29. The van der Waals surface area contributed by atoms with E-state index in [0.29, 0.717) is 5.92 Å². The molecule has 0 aromatic carbocycles. The van der Waals surface area contributed by atoms with Gasteiger partial charge >= 0.3 is 0 Å². The Kier molecular flexibility index (Phi) is 4.00. The van der Waals surface area contributed by atoms with Crippen LogP contribution in [0.25, 0.3) is 0 Å². The van der Waals surface area contributed by atoms with Crippen molar-refractivity contribution in [3.63, 3.8) is 0 Å². The van der Waals surface area contributed by atoms with Crippen molar-refractivity contribution in [2.45, 2.75) is 46.5 Å². The molecule has 0 aromatic heterocycles. The molecule has 0 amide bonds. The van der Waals surface area contributed by atoms with Crippen molar-refractivity contribution in [2.75, 3.05) is 0 Å². The van der Waals surface area contributed by atoms with Crippen LogP contribution in [0.15, 0.2) is 16.9 Å². The maximum atomic E-state index is 4.25. The molecule has 1 aliphatic rings. The van der Waals surface area contributed by atoms with Crippen LogP contribution in [0.2, 0.25) is 0 Å². The average Bonchev–Trinajstić information content (AvgIpc) is 2.15. The monoisotopic (exact) mass is 180 g/mol. The Morgan fingerprint density at radius 3 is 2.85 bits per heavy atom. The third-order valence-corrected chi connectivity index (χ3v) is 2.70. The number of hydrogen-bond donors (Lipinski definition) is 1. The second kappa shape index (κ2) is 5.05. The zero-order valence-corrected chi connectivity index (χ0v) is 8.93. The summed E-state index contributed by atoms with van der Waals surface area (Å²) in [5.74, 6) is 0.603. The van der Waals surface area contributed by atoms with E-state index in [-0.39, 0.29) is 0 Å². The molecular formula is C11H20N2. The summed E-state index contributed by atoms with van der Waals surface area (Å²) in [5.41, 5.74) is 5.71. The SMILES string of the molecule is CCCCC1C(CC)=CNN=C1C. The van der Waals surface area contributed by atoms with Crippen LogP contribution < -0.4 is 5.43 Å². The Labute approximate surface area is 81.1 Å². The minimum absolute atomic E-state index is 0.603. The summed E-state index contributed by atoms with van der Waals surface area (Å²) in [7, 11) is 0. The predicted octanol–water partition coefficient (Wildman–Crippen LogP) is 3.07. The van der Waals surface area contributed by atoms with Crippen LogP contribution in [0.4, 0.5) is 0 Å². The van der Waals surface area contributed by atoms with Gasteiger partial charge < -0.3 is 0 Å². The van der Waals surface area contributed by atoms with E-state index in [9.17, 15) is 0 Å². The first kappa shape index (κ1) is 10.3. The van der Waals surface area contributed by atoms with Gasteiger partial charge in [0.2, 0.25) is 0 Å². The van der Waals surface area contributed by atoms with E-state index >= 15 is 0 Å². The van der Waals surface area contributed by atoms with Crippen molar-refractivity contribution < 1.29 is 0 Å². The molecule has 0 aromatic rings. The van der Waals surface area contributed by atoms with E-state index in [4.69, 9.17) is 0 Å². The van der Waals surface area contributed by atoms with Gasteiger partial charge in [0.15, 0.2) is 0 Å². The Hall–Kier alpha value is -0.790. The van der Waals surface area contributed by atoms with Gasteiger partial charge in [0.1, 0.15) is 0 Å². The lowest BCUT2D eigenvalue weighted by Gasteiger charge is -2.22. The fraction of sp³-hybridized carbons (Fsp3) is 0.727. The third-order valence-electron chi connectivity index (χ3n) is 2.70. The molecule has 13 heavy (non-hydrogen) atoms. The molecule has 0 saturated carbocycles. The van der Waals surface area contributed by atoms with Gasteiger partial charge in [-0.25, -0.2) is 0 Å². The topological polar surface area (TPSA) is 24.4 Å². The van der Waals surface area contributed by atoms with Crippen molar-refractivity contribution >= 4 is 5.71 Å². The summed E-state index contributed by atoms with van der Waals surface area (Å²) in [5, 5.41) is 4.25. The van der Waals surface area contributed by atoms with Gasteiger partial charge in [-0.3, -0.25) is 5.43 Å². The van der Waals surface area contributed by atoms with Gasteiger partial charge in [0.25, 0.3) is 0 Å². The van der Waals surface area contributed by atoms with E-state index < -0.39 is 0 Å². The summed E-state index contributed by atoms with van der Waals surface area (Å²) in [4.78, 5) is 0. The van der Waals surface area contributed by atoms with Crippen molar-refractivity contribution in [3.8, 4) is 0 Å². The number of nitrogens with zero attached hydrogens (tertiary/aromatic N) is 1. The summed E-state index contributed by atoms with van der Waals surface area (Å²) in [6, 6.07) is 0. The molecule has 1 rings (SSSR count). The molecule has 2 heteroatoms. The van der Waals surface area contributed by atoms with Gasteiger partial charge in [0, 0.05) is 17.8 Å². The van der Waals surface area contributed by atoms with E-state index in [1.165, 1.54) is 30.5 Å². The van der Waals surface area contributed by atoms with Crippen LogP contribution in [0.1, 0.15) is 46.5 Å². The van der Waals surface area contributed by atoms with E-state index in [0.717, 1.165) is 6.42 Å². The van der Waals surface area contributed by atoms with Crippen LogP contribution in [0.3, 0.4) is 0 Å². The average molecular weight is 180 g/mol. The molecule has 1 N–H and O–H groups in total. The fourth-order valence-electron chi connectivity index (χ4n) is 1.81. The Balaban J connectivity index is 2.58. The molecule has 0 saturated heterocycles. The predicted molar refractivity (Wildman–Crippen MR) is 57.6 cm³/mol. The lowest BCUT2D eigenvalue weighted by molar-refractivity contribution is 0.608. The minimum Gasteiger partial charge on any atom is -0.286 e. The van der Waals surface area contributed by atoms with Crippen LogP contribution in [-0.2, 0) is 0 Å². The lowest BCUT2D eigenvalue weighted by atomic mass is 9.88. The molecule has 1 heterocycles. The molecule has 1 aliphatic heterocycles. The molecule has 1 unspecified atom stereocenters. The highest BCUT2D eigenvalue weighted by Crippen LogP contribution is 2.24. The highest BCUT2D eigenvalue weighted by molar-refractivity contribution is 5.87. The largest absolute Gasteiger partial charge is 0.286 e. The second-order valence-electron chi connectivity index (χ2n) is 3.65. The second-order valence-corrected chi connectivity index (χ2v) is 3.65. The van der Waals surface area contributed by atoms with Gasteiger partial charge in [-0.05, 0) is 25.3 Å². The molecule has 0 aliphatic carbocycles. The number of hydrogen-bond acceptors (Lipinski definition) is 2. The molecule has 0 spiro atoms. The molecule has 2 nitrogen and oxygen atoms in total. The molecule has 1 atom stereocenters. The number of allylic oxidation sites excluding steroid dienone is 1. The quantitative estimate of drug-likeness (QED) is 0.706. The molecule has 0 bridgehead atoms. The Morgan fingerprint density at radius 2 is 2.23 bits per heavy atom. The Morgan fingerprint density at radius 1 is 1.46 bits per heavy atom. The first-order valence-corrected chi connectivity index (χ1v) is 5.28. The summed E-state index contributed by atoms with van der Waals surface area (Å²) in [6.07, 6.45) is 7.03. The van der Waals surface area contributed by atoms with Crippen molar-refractivity contribution in [3.05, 3.63) is 11.8 Å². The first-order valence-electron chi connectivity index (χ1n) is 5.28. The number of hydrazone groups is 1. The summed E-state index contributed by atoms with van der Waals surface area (Å²) in [6.45, 7) is 6.57. The normalized spacial score (nSPS) is 21.9. The smallest absolute Gasteiger partial charge is 0.0423 e. The van der Waals surface area contributed by atoms with E-state index in [1.807, 2.05) is 0 Å². The fourth-order valence-corrected chi connectivity index (χ4v) is 1.81. The van der Waals surface area contributed by atoms with E-state index in [1.54, 1.807) is 0 Å². The Bertz CT molecular complexity index is 216. The molecule has 0 radical (unpaired) electrons. The summed E-state index contributed by atoms with van der Waals surface area (Å²) < 4.78 is 0. The molecular weight excluding hydrogens is 160 g/mol. The zero-order valence-electron chi connectivity index (χ0n) is 8.93. The number of rotatable bonds is 4. The van der Waals surface area contributed by atoms with Gasteiger partial charge in [-0.15, -0.1) is 0 Å². The van der Waals surface area contributed by atoms with Crippen molar-refractivity contribution in [1.29, 1.82) is 0 Å². The summed E-state index contributed by atoms with van der Waals surface area (Å²) >= 11 is 0. The van der Waals surface area contributed by atoms with Gasteiger partial charge in [0.05, 0.1) is 0 Å². The van der Waals surface area contributed by atoms with Gasteiger partial charge in [-0.2, -0.15) is 5.10 Å². The highest BCUT2D eigenvalue weighted by Gasteiger charge is 2.18. The standard InChI is InChI=1S/C11H20N2/c1-4-6-7-11-9(3)13-12-8-10(11)5-2/h8,11-12H,4-7H2,1-3H3. The van der Waals surface area contributed by atoms with Crippen molar-refractivity contribution in [2.24, 2.45) is 11.0 Å². The molecule has 0 fully saturated rings. The minimum atomic E-state index is 0.603. The van der Waals surface area contributed by atoms with Gasteiger partial charge in [-0.1, -0.05) is 26.7 Å². The van der Waals surface area contributed by atoms with Crippen LogP contribution in [-0.4, -0.2) is 5.71 Å². The van der Waals surface area contributed by atoms with Crippen LogP contribution in [0.5, 0.6) is 0 Å². The lowest BCUT2D eigenvalue weighted by Crippen LogP contribution is -2.22.